The lowest BCUT2D eigenvalue weighted by molar-refractivity contribution is 0.344. The minimum Gasteiger partial charge on any atom is -0.508 e. The van der Waals surface area contributed by atoms with E-state index in [1.807, 2.05) is 6.07 Å². The molecular weight excluding hydrogens is 230 g/mol. The molecule has 0 saturated heterocycles. The number of phenols is 1. The van der Waals surface area contributed by atoms with Gasteiger partial charge in [0, 0.05) is 11.0 Å². The van der Waals surface area contributed by atoms with E-state index in [0.29, 0.717) is 5.75 Å². The lowest BCUT2D eigenvalue weighted by atomic mass is 10.2. The highest BCUT2D eigenvalue weighted by Crippen LogP contribution is 2.22. The van der Waals surface area contributed by atoms with Gasteiger partial charge in [-0.2, -0.15) is 0 Å². The fourth-order valence-electron chi connectivity index (χ4n) is 1.08. The van der Waals surface area contributed by atoms with Crippen LogP contribution >= 0.6 is 15.9 Å². The van der Waals surface area contributed by atoms with E-state index in [1.165, 1.54) is 0 Å². The Balaban J connectivity index is 2.81. The monoisotopic (exact) mass is 243 g/mol. The molecule has 1 aromatic carbocycles. The van der Waals surface area contributed by atoms with Crippen molar-refractivity contribution < 1.29 is 5.11 Å². The van der Waals surface area contributed by atoms with Crippen molar-refractivity contribution in [3.8, 4) is 5.75 Å². The first-order valence-electron chi connectivity index (χ1n) is 4.29. The van der Waals surface area contributed by atoms with Crippen LogP contribution in [0.5, 0.6) is 5.75 Å². The van der Waals surface area contributed by atoms with Gasteiger partial charge in [-0.1, -0.05) is 22.9 Å². The molecule has 0 fully saturated rings. The Morgan fingerprint density at radius 3 is 2.77 bits per heavy atom. The van der Waals surface area contributed by atoms with Crippen LogP contribution in [0.2, 0.25) is 0 Å². The smallest absolute Gasteiger partial charge is 0.115 e. The molecule has 0 aliphatic rings. The van der Waals surface area contributed by atoms with Crippen molar-refractivity contribution in [2.24, 2.45) is 0 Å². The first kappa shape index (κ1) is 10.5. The summed E-state index contributed by atoms with van der Waals surface area (Å²) in [7, 11) is 2.05. The molecule has 0 amide bonds. The summed E-state index contributed by atoms with van der Waals surface area (Å²) in [5.41, 5.74) is 1.12. The molecule has 1 rings (SSSR count). The first-order chi connectivity index (χ1) is 6.13. The van der Waals surface area contributed by atoms with Crippen LogP contribution < -0.4 is 0 Å². The zero-order chi connectivity index (χ0) is 9.84. The zero-order valence-corrected chi connectivity index (χ0v) is 9.50. The van der Waals surface area contributed by atoms with E-state index in [9.17, 15) is 5.11 Å². The van der Waals surface area contributed by atoms with Crippen LogP contribution in [0.1, 0.15) is 12.5 Å². The lowest BCUT2D eigenvalue weighted by Gasteiger charge is -2.14. The third-order valence-corrected chi connectivity index (χ3v) is 2.78. The van der Waals surface area contributed by atoms with Gasteiger partial charge >= 0.3 is 0 Å². The van der Waals surface area contributed by atoms with E-state index in [-0.39, 0.29) is 0 Å². The quantitative estimate of drug-likeness (QED) is 0.883. The molecule has 0 radical (unpaired) electrons. The van der Waals surface area contributed by atoms with Gasteiger partial charge in [0.1, 0.15) is 5.75 Å². The first-order valence-corrected chi connectivity index (χ1v) is 5.08. The molecule has 0 bridgehead atoms. The predicted molar refractivity (Wildman–Crippen MR) is 57.8 cm³/mol. The van der Waals surface area contributed by atoms with Crippen molar-refractivity contribution >= 4 is 15.9 Å². The Kier molecular flexibility index (Phi) is 3.75. The average Bonchev–Trinajstić information content (AvgIpc) is 2.11. The second kappa shape index (κ2) is 4.63. The summed E-state index contributed by atoms with van der Waals surface area (Å²) in [6, 6.07) is 5.34. The maximum absolute atomic E-state index is 9.28. The Labute approximate surface area is 87.3 Å². The lowest BCUT2D eigenvalue weighted by Crippen LogP contribution is -2.16. The molecule has 72 valence electrons. The minimum atomic E-state index is 0.322. The fraction of sp³-hybridized carbons (Fsp3) is 0.400. The molecule has 0 heterocycles. The maximum Gasteiger partial charge on any atom is 0.115 e. The van der Waals surface area contributed by atoms with Gasteiger partial charge in [-0.25, -0.2) is 0 Å². The van der Waals surface area contributed by atoms with Crippen LogP contribution in [-0.4, -0.2) is 23.6 Å². The Bertz CT molecular complexity index is 288. The van der Waals surface area contributed by atoms with Gasteiger partial charge in [0.25, 0.3) is 0 Å². The van der Waals surface area contributed by atoms with E-state index in [2.05, 4.69) is 34.8 Å². The summed E-state index contributed by atoms with van der Waals surface area (Å²) in [6.45, 7) is 3.96. The van der Waals surface area contributed by atoms with Gasteiger partial charge < -0.3 is 10.0 Å². The summed E-state index contributed by atoms with van der Waals surface area (Å²) in [6.07, 6.45) is 0. The van der Waals surface area contributed by atoms with E-state index < -0.39 is 0 Å². The number of rotatable bonds is 3. The summed E-state index contributed by atoms with van der Waals surface area (Å²) in [4.78, 5) is 2.18. The normalized spacial score (nSPS) is 10.8. The van der Waals surface area contributed by atoms with Crippen molar-refractivity contribution in [1.82, 2.24) is 4.90 Å². The number of benzene rings is 1. The van der Waals surface area contributed by atoms with Crippen molar-refractivity contribution in [2.75, 3.05) is 13.6 Å². The Hall–Kier alpha value is -0.540. The molecule has 2 nitrogen and oxygen atoms in total. The molecule has 0 atom stereocenters. The second-order valence-electron chi connectivity index (χ2n) is 3.11. The second-order valence-corrected chi connectivity index (χ2v) is 3.96. The number of phenolic OH excluding ortho intramolecular Hbond substituents is 1. The van der Waals surface area contributed by atoms with Gasteiger partial charge in [0.05, 0.1) is 0 Å². The van der Waals surface area contributed by atoms with Crippen LogP contribution in [0, 0.1) is 0 Å². The van der Waals surface area contributed by atoms with E-state index >= 15 is 0 Å². The summed E-state index contributed by atoms with van der Waals surface area (Å²) in [5, 5.41) is 9.28. The molecule has 0 spiro atoms. The summed E-state index contributed by atoms with van der Waals surface area (Å²) >= 11 is 3.45. The highest BCUT2D eigenvalue weighted by Gasteiger charge is 2.03. The Morgan fingerprint density at radius 2 is 2.15 bits per heavy atom. The highest BCUT2D eigenvalue weighted by atomic mass is 79.9. The van der Waals surface area contributed by atoms with Gasteiger partial charge in [-0.15, -0.1) is 0 Å². The van der Waals surface area contributed by atoms with E-state index in [0.717, 1.165) is 23.1 Å². The fourth-order valence-corrected chi connectivity index (χ4v) is 1.46. The maximum atomic E-state index is 9.28. The number of hydrogen-bond donors (Lipinski definition) is 1. The van der Waals surface area contributed by atoms with Crippen molar-refractivity contribution in [3.05, 3.63) is 28.2 Å². The molecule has 0 aliphatic carbocycles. The molecule has 0 aromatic heterocycles. The molecule has 13 heavy (non-hydrogen) atoms. The van der Waals surface area contributed by atoms with E-state index in [1.54, 1.807) is 12.1 Å². The molecule has 3 heteroatoms. The largest absolute Gasteiger partial charge is 0.508 e. The minimum absolute atomic E-state index is 0.322. The van der Waals surface area contributed by atoms with Crippen molar-refractivity contribution in [2.45, 2.75) is 13.5 Å². The molecule has 0 aliphatic heterocycles. The van der Waals surface area contributed by atoms with Crippen molar-refractivity contribution in [1.29, 1.82) is 0 Å². The van der Waals surface area contributed by atoms with Gasteiger partial charge in [0.15, 0.2) is 0 Å². The zero-order valence-electron chi connectivity index (χ0n) is 7.92. The molecule has 0 unspecified atom stereocenters. The number of hydrogen-bond acceptors (Lipinski definition) is 2. The third-order valence-electron chi connectivity index (χ3n) is 2.01. The highest BCUT2D eigenvalue weighted by molar-refractivity contribution is 9.10. The van der Waals surface area contributed by atoms with Gasteiger partial charge in [0.2, 0.25) is 0 Å². The van der Waals surface area contributed by atoms with Crippen LogP contribution in [0.25, 0.3) is 0 Å². The standard InChI is InChI=1S/C10H14BrNO/c1-3-12(2)7-8-6-9(13)4-5-10(8)11/h4-6,13H,3,7H2,1-2H3. The summed E-state index contributed by atoms with van der Waals surface area (Å²) < 4.78 is 1.05. The Morgan fingerprint density at radius 1 is 1.46 bits per heavy atom. The van der Waals surface area contributed by atoms with Gasteiger partial charge in [-0.05, 0) is 37.4 Å². The molecular formula is C10H14BrNO. The number of nitrogens with zero attached hydrogens (tertiary/aromatic N) is 1. The van der Waals surface area contributed by atoms with E-state index in [4.69, 9.17) is 0 Å². The number of halogens is 1. The average molecular weight is 244 g/mol. The molecule has 1 N–H and O–H groups in total. The summed E-state index contributed by atoms with van der Waals surface area (Å²) in [5.74, 6) is 0.322. The topological polar surface area (TPSA) is 23.5 Å². The van der Waals surface area contributed by atoms with Gasteiger partial charge in [-0.3, -0.25) is 0 Å². The SMILES string of the molecule is CCN(C)Cc1cc(O)ccc1Br. The van der Waals surface area contributed by atoms with Crippen LogP contribution in [-0.2, 0) is 6.54 Å². The number of aromatic hydroxyl groups is 1. The van der Waals surface area contributed by atoms with Crippen LogP contribution in [0.15, 0.2) is 22.7 Å². The predicted octanol–water partition coefficient (Wildman–Crippen LogP) is 2.61. The molecule has 0 saturated carbocycles. The third kappa shape index (κ3) is 3.01. The van der Waals surface area contributed by atoms with Crippen LogP contribution in [0.3, 0.4) is 0 Å². The van der Waals surface area contributed by atoms with Crippen LogP contribution in [0.4, 0.5) is 0 Å². The van der Waals surface area contributed by atoms with Crippen molar-refractivity contribution in [3.63, 3.8) is 0 Å². The molecule has 1 aromatic rings.